The maximum Gasteiger partial charge on any atom is 0.169 e. The molecule has 0 atom stereocenters. The van der Waals surface area contributed by atoms with Crippen molar-refractivity contribution in [3.8, 4) is 11.8 Å². The quantitative estimate of drug-likeness (QED) is 0.902. The van der Waals surface area contributed by atoms with Crippen molar-refractivity contribution in [1.29, 1.82) is 5.26 Å². The van der Waals surface area contributed by atoms with E-state index in [1.165, 1.54) is 0 Å². The Balaban J connectivity index is 2.04. The van der Waals surface area contributed by atoms with Crippen LogP contribution in [0.3, 0.4) is 0 Å². The van der Waals surface area contributed by atoms with E-state index in [-0.39, 0.29) is 6.10 Å². The molecule has 4 nitrogen and oxygen atoms in total. The topological polar surface area (TPSA) is 57.9 Å². The van der Waals surface area contributed by atoms with Crippen molar-refractivity contribution in [3.05, 3.63) is 53.7 Å². The van der Waals surface area contributed by atoms with E-state index in [4.69, 9.17) is 10.00 Å². The number of rotatable bonds is 5. The van der Waals surface area contributed by atoms with Crippen LogP contribution in [0.4, 0.5) is 5.82 Å². The third-order valence-corrected chi connectivity index (χ3v) is 2.68. The second-order valence-corrected chi connectivity index (χ2v) is 4.68. The highest BCUT2D eigenvalue weighted by Gasteiger charge is 2.06. The molecule has 1 N–H and O–H groups in total. The molecule has 0 amide bonds. The van der Waals surface area contributed by atoms with E-state index in [2.05, 4.69) is 16.4 Å². The Kier molecular flexibility index (Phi) is 4.56. The molecule has 0 saturated carbocycles. The van der Waals surface area contributed by atoms with Gasteiger partial charge in [0, 0.05) is 12.7 Å². The van der Waals surface area contributed by atoms with Crippen LogP contribution in [0, 0.1) is 11.3 Å². The van der Waals surface area contributed by atoms with Crippen LogP contribution in [0.15, 0.2) is 42.6 Å². The van der Waals surface area contributed by atoms with Gasteiger partial charge in [0.15, 0.2) is 11.6 Å². The molecule has 102 valence electrons. The van der Waals surface area contributed by atoms with Gasteiger partial charge in [-0.1, -0.05) is 12.1 Å². The summed E-state index contributed by atoms with van der Waals surface area (Å²) in [5.74, 6) is 1.47. The highest BCUT2D eigenvalue weighted by Crippen LogP contribution is 2.22. The average Bonchev–Trinajstić information content (AvgIpc) is 2.46. The van der Waals surface area contributed by atoms with Crippen molar-refractivity contribution in [3.63, 3.8) is 0 Å². The number of pyridine rings is 1. The lowest BCUT2D eigenvalue weighted by Gasteiger charge is -2.14. The smallest absolute Gasteiger partial charge is 0.169 e. The van der Waals surface area contributed by atoms with Gasteiger partial charge in [-0.3, -0.25) is 0 Å². The summed E-state index contributed by atoms with van der Waals surface area (Å²) in [6, 6.07) is 13.3. The first-order chi connectivity index (χ1) is 9.69. The maximum atomic E-state index is 8.76. The third kappa shape index (κ3) is 3.72. The van der Waals surface area contributed by atoms with Gasteiger partial charge in [0.2, 0.25) is 0 Å². The van der Waals surface area contributed by atoms with Gasteiger partial charge in [-0.2, -0.15) is 5.26 Å². The molecule has 1 aromatic carbocycles. The van der Waals surface area contributed by atoms with E-state index < -0.39 is 0 Å². The van der Waals surface area contributed by atoms with Crippen molar-refractivity contribution < 1.29 is 4.74 Å². The molecule has 0 fully saturated rings. The van der Waals surface area contributed by atoms with E-state index in [0.717, 1.165) is 17.1 Å². The Morgan fingerprint density at radius 1 is 1.25 bits per heavy atom. The summed E-state index contributed by atoms with van der Waals surface area (Å²) in [6.07, 6.45) is 1.84. The highest BCUT2D eigenvalue weighted by molar-refractivity contribution is 5.50. The maximum absolute atomic E-state index is 8.76. The molecule has 0 unspecified atom stereocenters. The van der Waals surface area contributed by atoms with Gasteiger partial charge in [-0.15, -0.1) is 0 Å². The normalized spacial score (nSPS) is 10.1. The molecule has 2 aromatic rings. The molecule has 0 aliphatic carbocycles. The van der Waals surface area contributed by atoms with Crippen LogP contribution < -0.4 is 10.1 Å². The van der Waals surface area contributed by atoms with Gasteiger partial charge >= 0.3 is 0 Å². The molecule has 0 aliphatic rings. The summed E-state index contributed by atoms with van der Waals surface area (Å²) in [5.41, 5.74) is 1.75. The van der Waals surface area contributed by atoms with E-state index >= 15 is 0 Å². The fourth-order valence-corrected chi connectivity index (χ4v) is 1.76. The van der Waals surface area contributed by atoms with Crippen LogP contribution in [-0.2, 0) is 6.54 Å². The van der Waals surface area contributed by atoms with Crippen LogP contribution in [0.2, 0.25) is 0 Å². The minimum absolute atomic E-state index is 0.106. The number of nitrogens with one attached hydrogen (secondary N) is 1. The van der Waals surface area contributed by atoms with Crippen molar-refractivity contribution in [2.45, 2.75) is 26.5 Å². The van der Waals surface area contributed by atoms with E-state index in [1.54, 1.807) is 18.3 Å². The summed E-state index contributed by atoms with van der Waals surface area (Å²) in [4.78, 5) is 4.29. The first-order valence-electron chi connectivity index (χ1n) is 6.53. The number of anilines is 1. The third-order valence-electron chi connectivity index (χ3n) is 2.68. The van der Waals surface area contributed by atoms with Crippen molar-refractivity contribution >= 4 is 5.82 Å². The zero-order valence-electron chi connectivity index (χ0n) is 11.6. The predicted octanol–water partition coefficient (Wildman–Crippen LogP) is 3.35. The Labute approximate surface area is 119 Å². The monoisotopic (exact) mass is 267 g/mol. The van der Waals surface area contributed by atoms with Gasteiger partial charge in [0.05, 0.1) is 17.7 Å². The second kappa shape index (κ2) is 6.58. The van der Waals surface area contributed by atoms with E-state index in [1.807, 2.05) is 38.1 Å². The lowest BCUT2D eigenvalue weighted by Crippen LogP contribution is -2.09. The van der Waals surface area contributed by atoms with E-state index in [9.17, 15) is 0 Å². The zero-order valence-corrected chi connectivity index (χ0v) is 11.6. The lowest BCUT2D eigenvalue weighted by molar-refractivity contribution is 0.243. The first-order valence-corrected chi connectivity index (χ1v) is 6.53. The van der Waals surface area contributed by atoms with Crippen LogP contribution >= 0.6 is 0 Å². The Bertz CT molecular complexity index is 600. The minimum atomic E-state index is 0.106. The highest BCUT2D eigenvalue weighted by atomic mass is 16.5. The van der Waals surface area contributed by atoms with Crippen LogP contribution in [0.5, 0.6) is 5.75 Å². The van der Waals surface area contributed by atoms with Gasteiger partial charge in [-0.05, 0) is 43.7 Å². The molecule has 2 rings (SSSR count). The fraction of sp³-hybridized carbons (Fsp3) is 0.250. The number of hydrogen-bond donors (Lipinski definition) is 1. The molecule has 0 bridgehead atoms. The fourth-order valence-electron chi connectivity index (χ4n) is 1.76. The predicted molar refractivity (Wildman–Crippen MR) is 78.5 cm³/mol. The SMILES string of the molecule is CC(C)Oc1cccnc1NCc1ccc(C#N)cc1. The molecular weight excluding hydrogens is 250 g/mol. The van der Waals surface area contributed by atoms with Crippen molar-refractivity contribution in [2.75, 3.05) is 5.32 Å². The largest absolute Gasteiger partial charge is 0.487 e. The number of nitrogens with zero attached hydrogens (tertiary/aromatic N) is 2. The van der Waals surface area contributed by atoms with Crippen molar-refractivity contribution in [2.24, 2.45) is 0 Å². The Hall–Kier alpha value is -2.54. The molecular formula is C16H17N3O. The number of nitriles is 1. The summed E-state index contributed by atoms with van der Waals surface area (Å²) in [5, 5.41) is 12.0. The number of hydrogen-bond acceptors (Lipinski definition) is 4. The number of aromatic nitrogens is 1. The summed E-state index contributed by atoms with van der Waals surface area (Å²) >= 11 is 0. The van der Waals surface area contributed by atoms with Gasteiger partial charge in [-0.25, -0.2) is 4.98 Å². The average molecular weight is 267 g/mol. The lowest BCUT2D eigenvalue weighted by atomic mass is 10.1. The first kappa shape index (κ1) is 13.9. The molecule has 0 spiro atoms. The Morgan fingerprint density at radius 2 is 2.00 bits per heavy atom. The summed E-state index contributed by atoms with van der Waals surface area (Å²) in [7, 11) is 0. The van der Waals surface area contributed by atoms with Gasteiger partial charge < -0.3 is 10.1 Å². The second-order valence-electron chi connectivity index (χ2n) is 4.68. The molecule has 0 saturated heterocycles. The molecule has 0 aliphatic heterocycles. The summed E-state index contributed by atoms with van der Waals surface area (Å²) in [6.45, 7) is 4.60. The molecule has 1 heterocycles. The van der Waals surface area contributed by atoms with Crippen LogP contribution in [0.1, 0.15) is 25.0 Å². The van der Waals surface area contributed by atoms with Gasteiger partial charge in [0.25, 0.3) is 0 Å². The standard InChI is InChI=1S/C16H17N3O/c1-12(2)20-15-4-3-9-18-16(15)19-11-14-7-5-13(10-17)6-8-14/h3-9,12H,11H2,1-2H3,(H,18,19). The minimum Gasteiger partial charge on any atom is -0.487 e. The molecule has 4 heteroatoms. The van der Waals surface area contributed by atoms with Crippen LogP contribution in [0.25, 0.3) is 0 Å². The summed E-state index contributed by atoms with van der Waals surface area (Å²) < 4.78 is 5.70. The van der Waals surface area contributed by atoms with E-state index in [0.29, 0.717) is 12.1 Å². The molecule has 20 heavy (non-hydrogen) atoms. The molecule has 1 aromatic heterocycles. The Morgan fingerprint density at radius 3 is 2.65 bits per heavy atom. The number of benzene rings is 1. The zero-order chi connectivity index (χ0) is 14.4. The number of ether oxygens (including phenoxy) is 1. The van der Waals surface area contributed by atoms with Crippen molar-refractivity contribution in [1.82, 2.24) is 4.98 Å². The molecule has 0 radical (unpaired) electrons. The van der Waals surface area contributed by atoms with Gasteiger partial charge in [0.1, 0.15) is 0 Å². The van der Waals surface area contributed by atoms with Crippen LogP contribution in [-0.4, -0.2) is 11.1 Å².